The highest BCUT2D eigenvalue weighted by Crippen LogP contribution is 2.23. The highest BCUT2D eigenvalue weighted by molar-refractivity contribution is 5.85. The van der Waals surface area contributed by atoms with Crippen molar-refractivity contribution in [2.45, 2.75) is 6.04 Å². The van der Waals surface area contributed by atoms with Gasteiger partial charge in [0, 0.05) is 0 Å². The molecular weight excluding hydrogens is 214 g/mol. The molecule has 0 aliphatic rings. The van der Waals surface area contributed by atoms with Crippen molar-refractivity contribution in [3.63, 3.8) is 0 Å². The Labute approximate surface area is 100 Å². The van der Waals surface area contributed by atoms with Crippen molar-refractivity contribution in [2.24, 2.45) is 0 Å². The number of rotatable bonds is 3. The first-order valence-electron chi connectivity index (χ1n) is 5.47. The maximum Gasteiger partial charge on any atom is 0.325 e. The van der Waals surface area contributed by atoms with Gasteiger partial charge in [-0.3, -0.25) is 9.69 Å². The molecular formula is C14H15NO2. The second-order valence-electron chi connectivity index (χ2n) is 4.31. The topological polar surface area (TPSA) is 40.5 Å². The first-order chi connectivity index (χ1) is 8.09. The summed E-state index contributed by atoms with van der Waals surface area (Å²) in [4.78, 5) is 12.9. The quantitative estimate of drug-likeness (QED) is 0.879. The SMILES string of the molecule is CN(C)C(C(=O)O)c1ccc2ccccc2c1. The van der Waals surface area contributed by atoms with Crippen LogP contribution in [0.1, 0.15) is 11.6 Å². The number of hydrogen-bond donors (Lipinski definition) is 1. The minimum absolute atomic E-state index is 0.598. The number of carboxylic acid groups (broad SMARTS) is 1. The van der Waals surface area contributed by atoms with Gasteiger partial charge in [0.25, 0.3) is 0 Å². The van der Waals surface area contributed by atoms with E-state index in [1.165, 1.54) is 0 Å². The maximum absolute atomic E-state index is 11.2. The molecule has 0 amide bonds. The molecule has 0 spiro atoms. The van der Waals surface area contributed by atoms with Crippen molar-refractivity contribution >= 4 is 16.7 Å². The van der Waals surface area contributed by atoms with Gasteiger partial charge in [0.05, 0.1) is 0 Å². The average Bonchev–Trinajstić information content (AvgIpc) is 2.28. The Hall–Kier alpha value is -1.87. The summed E-state index contributed by atoms with van der Waals surface area (Å²) in [6.45, 7) is 0. The van der Waals surface area contributed by atoms with Crippen molar-refractivity contribution in [3.8, 4) is 0 Å². The fourth-order valence-electron chi connectivity index (χ4n) is 2.04. The standard InChI is InChI=1S/C14H15NO2/c1-15(2)13(14(16)17)12-8-7-10-5-3-4-6-11(10)9-12/h3-9,13H,1-2H3,(H,16,17). The van der Waals surface area contributed by atoms with Crippen LogP contribution in [0, 0.1) is 0 Å². The van der Waals surface area contributed by atoms with Crippen LogP contribution in [-0.4, -0.2) is 30.1 Å². The van der Waals surface area contributed by atoms with E-state index in [4.69, 9.17) is 0 Å². The Bertz CT molecular complexity index is 549. The number of carbonyl (C=O) groups is 1. The zero-order valence-electron chi connectivity index (χ0n) is 9.92. The zero-order chi connectivity index (χ0) is 12.4. The van der Waals surface area contributed by atoms with Gasteiger partial charge in [-0.25, -0.2) is 0 Å². The van der Waals surface area contributed by atoms with Gasteiger partial charge in [-0.1, -0.05) is 36.4 Å². The Balaban J connectivity index is 2.51. The second-order valence-corrected chi connectivity index (χ2v) is 4.31. The van der Waals surface area contributed by atoms with E-state index in [2.05, 4.69) is 0 Å². The number of benzene rings is 2. The molecule has 3 nitrogen and oxygen atoms in total. The largest absolute Gasteiger partial charge is 0.480 e. The van der Waals surface area contributed by atoms with Crippen LogP contribution in [-0.2, 0) is 4.79 Å². The number of likely N-dealkylation sites (N-methyl/N-ethyl adjacent to an activating group) is 1. The maximum atomic E-state index is 11.2. The molecule has 1 atom stereocenters. The lowest BCUT2D eigenvalue weighted by atomic mass is 10.0. The molecule has 0 radical (unpaired) electrons. The summed E-state index contributed by atoms with van der Waals surface area (Å²) in [6.07, 6.45) is 0. The van der Waals surface area contributed by atoms with Crippen LogP contribution in [0.3, 0.4) is 0 Å². The van der Waals surface area contributed by atoms with Crippen LogP contribution in [0.5, 0.6) is 0 Å². The van der Waals surface area contributed by atoms with Crippen molar-refractivity contribution < 1.29 is 9.90 Å². The highest BCUT2D eigenvalue weighted by Gasteiger charge is 2.21. The Morgan fingerprint density at radius 1 is 1.12 bits per heavy atom. The molecule has 2 rings (SSSR count). The molecule has 88 valence electrons. The lowest BCUT2D eigenvalue weighted by Gasteiger charge is -2.20. The average molecular weight is 229 g/mol. The van der Waals surface area contributed by atoms with Crippen molar-refractivity contribution in [1.82, 2.24) is 4.90 Å². The summed E-state index contributed by atoms with van der Waals surface area (Å²) in [5.41, 5.74) is 0.807. The number of nitrogens with zero attached hydrogens (tertiary/aromatic N) is 1. The summed E-state index contributed by atoms with van der Waals surface area (Å²) >= 11 is 0. The number of hydrogen-bond acceptors (Lipinski definition) is 2. The van der Waals surface area contributed by atoms with Gasteiger partial charge in [-0.05, 0) is 36.5 Å². The fraction of sp³-hybridized carbons (Fsp3) is 0.214. The molecule has 0 saturated heterocycles. The lowest BCUT2D eigenvalue weighted by molar-refractivity contribution is -0.142. The molecule has 0 fully saturated rings. The third-order valence-electron chi connectivity index (χ3n) is 2.84. The summed E-state index contributed by atoms with van der Waals surface area (Å²) in [7, 11) is 3.54. The van der Waals surface area contributed by atoms with E-state index in [0.29, 0.717) is 0 Å². The van der Waals surface area contributed by atoms with Crippen molar-refractivity contribution in [1.29, 1.82) is 0 Å². The predicted octanol–water partition coefficient (Wildman–Crippen LogP) is 2.53. The van der Waals surface area contributed by atoms with Gasteiger partial charge in [0.2, 0.25) is 0 Å². The number of carboxylic acids is 1. The first-order valence-corrected chi connectivity index (χ1v) is 5.47. The summed E-state index contributed by atoms with van der Waals surface area (Å²) in [5, 5.41) is 11.4. The third kappa shape index (κ3) is 2.29. The molecule has 3 heteroatoms. The van der Waals surface area contributed by atoms with Gasteiger partial charge in [0.1, 0.15) is 6.04 Å². The van der Waals surface area contributed by atoms with Gasteiger partial charge < -0.3 is 5.11 Å². The lowest BCUT2D eigenvalue weighted by Crippen LogP contribution is -2.27. The van der Waals surface area contributed by atoms with Crippen LogP contribution in [0.15, 0.2) is 42.5 Å². The molecule has 1 N–H and O–H groups in total. The second kappa shape index (κ2) is 4.55. The molecule has 0 saturated carbocycles. The molecule has 0 aromatic heterocycles. The molecule has 0 heterocycles. The van der Waals surface area contributed by atoms with Gasteiger partial charge >= 0.3 is 5.97 Å². The molecule has 2 aromatic rings. The van der Waals surface area contributed by atoms with E-state index >= 15 is 0 Å². The fourth-order valence-corrected chi connectivity index (χ4v) is 2.04. The Morgan fingerprint density at radius 3 is 2.35 bits per heavy atom. The Kier molecular flexibility index (Phi) is 3.11. The van der Waals surface area contributed by atoms with Crippen molar-refractivity contribution in [3.05, 3.63) is 48.0 Å². The molecule has 0 aliphatic heterocycles. The smallest absolute Gasteiger partial charge is 0.325 e. The molecule has 0 aliphatic carbocycles. The van der Waals surface area contributed by atoms with E-state index in [1.54, 1.807) is 19.0 Å². The molecule has 1 unspecified atom stereocenters. The summed E-state index contributed by atoms with van der Waals surface area (Å²) < 4.78 is 0. The van der Waals surface area contributed by atoms with Crippen LogP contribution in [0.2, 0.25) is 0 Å². The molecule has 17 heavy (non-hydrogen) atoms. The number of aliphatic carboxylic acids is 1. The van der Waals surface area contributed by atoms with Crippen LogP contribution in [0.25, 0.3) is 10.8 Å². The van der Waals surface area contributed by atoms with Gasteiger partial charge in [0.15, 0.2) is 0 Å². The van der Waals surface area contributed by atoms with E-state index in [9.17, 15) is 9.90 Å². The normalized spacial score (nSPS) is 12.9. The molecule has 2 aromatic carbocycles. The van der Waals surface area contributed by atoms with E-state index < -0.39 is 12.0 Å². The highest BCUT2D eigenvalue weighted by atomic mass is 16.4. The predicted molar refractivity (Wildman–Crippen MR) is 68.0 cm³/mol. The van der Waals surface area contributed by atoms with Crippen LogP contribution >= 0.6 is 0 Å². The minimum atomic E-state index is -0.828. The van der Waals surface area contributed by atoms with Crippen LogP contribution < -0.4 is 0 Å². The monoisotopic (exact) mass is 229 g/mol. The summed E-state index contributed by atoms with van der Waals surface area (Å²) in [6, 6.07) is 13.1. The van der Waals surface area contributed by atoms with Gasteiger partial charge in [-0.15, -0.1) is 0 Å². The number of fused-ring (bicyclic) bond motifs is 1. The zero-order valence-corrected chi connectivity index (χ0v) is 9.92. The summed E-state index contributed by atoms with van der Waals surface area (Å²) in [5.74, 6) is -0.828. The van der Waals surface area contributed by atoms with Gasteiger partial charge in [-0.2, -0.15) is 0 Å². The Morgan fingerprint density at radius 2 is 1.76 bits per heavy atom. The van der Waals surface area contributed by atoms with E-state index in [1.807, 2.05) is 42.5 Å². The van der Waals surface area contributed by atoms with E-state index in [0.717, 1.165) is 16.3 Å². The first kappa shape index (κ1) is 11.6. The minimum Gasteiger partial charge on any atom is -0.480 e. The van der Waals surface area contributed by atoms with Crippen molar-refractivity contribution in [2.75, 3.05) is 14.1 Å². The molecule has 0 bridgehead atoms. The third-order valence-corrected chi connectivity index (χ3v) is 2.84. The van der Waals surface area contributed by atoms with Crippen LogP contribution in [0.4, 0.5) is 0 Å². The van der Waals surface area contributed by atoms with E-state index in [-0.39, 0.29) is 0 Å².